The predicted molar refractivity (Wildman–Crippen MR) is 55.3 cm³/mol. The third-order valence-electron chi connectivity index (χ3n) is 2.40. The van der Waals surface area contributed by atoms with Crippen molar-refractivity contribution in [2.75, 3.05) is 18.0 Å². The fourth-order valence-electron chi connectivity index (χ4n) is 1.62. The first-order valence-corrected chi connectivity index (χ1v) is 5.10. The van der Waals surface area contributed by atoms with Crippen LogP contribution in [0.3, 0.4) is 0 Å². The van der Waals surface area contributed by atoms with Crippen molar-refractivity contribution in [1.29, 1.82) is 0 Å². The van der Waals surface area contributed by atoms with Gasteiger partial charge in [0.2, 0.25) is 0 Å². The summed E-state index contributed by atoms with van der Waals surface area (Å²) in [5.74, 6) is 1.08. The minimum Gasteiger partial charge on any atom is -0.357 e. The number of hydrogen-bond acceptors (Lipinski definition) is 2. The number of alkyl halides is 1. The first-order valence-electron chi connectivity index (χ1n) is 4.66. The summed E-state index contributed by atoms with van der Waals surface area (Å²) in [7, 11) is 0. The summed E-state index contributed by atoms with van der Waals surface area (Å²) in [6.45, 7) is 2.07. The molecule has 1 saturated heterocycles. The minimum atomic E-state index is 0.361. The number of hydrogen-bond donors (Lipinski definition) is 0. The van der Waals surface area contributed by atoms with Crippen LogP contribution >= 0.6 is 11.6 Å². The van der Waals surface area contributed by atoms with E-state index in [1.807, 2.05) is 18.3 Å². The molecule has 2 nitrogen and oxygen atoms in total. The second-order valence-corrected chi connectivity index (χ2v) is 3.97. The molecule has 2 heterocycles. The van der Waals surface area contributed by atoms with Gasteiger partial charge in [-0.05, 0) is 25.0 Å². The summed E-state index contributed by atoms with van der Waals surface area (Å²) in [5, 5.41) is 0.361. The summed E-state index contributed by atoms with van der Waals surface area (Å²) in [6.07, 6.45) is 3.97. The first kappa shape index (κ1) is 8.82. The molecule has 1 aromatic rings. The molecular formula is C10H13ClN2. The van der Waals surface area contributed by atoms with Gasteiger partial charge in [-0.3, -0.25) is 0 Å². The molecule has 0 N–H and O–H groups in total. The van der Waals surface area contributed by atoms with Crippen molar-refractivity contribution in [2.45, 2.75) is 18.2 Å². The highest BCUT2D eigenvalue weighted by atomic mass is 35.5. The lowest BCUT2D eigenvalue weighted by atomic mass is 10.1. The molecule has 0 spiro atoms. The van der Waals surface area contributed by atoms with Gasteiger partial charge in [0.1, 0.15) is 5.82 Å². The van der Waals surface area contributed by atoms with Gasteiger partial charge in [0, 0.05) is 24.7 Å². The zero-order valence-electron chi connectivity index (χ0n) is 7.49. The van der Waals surface area contributed by atoms with Gasteiger partial charge in [0.15, 0.2) is 0 Å². The van der Waals surface area contributed by atoms with Gasteiger partial charge in [0.05, 0.1) is 0 Å². The largest absolute Gasteiger partial charge is 0.357 e. The van der Waals surface area contributed by atoms with E-state index in [1.54, 1.807) is 0 Å². The van der Waals surface area contributed by atoms with E-state index < -0.39 is 0 Å². The Morgan fingerprint density at radius 1 is 1.31 bits per heavy atom. The first-order chi connectivity index (χ1) is 6.36. The molecule has 0 aliphatic carbocycles. The Morgan fingerprint density at radius 2 is 2.08 bits per heavy atom. The summed E-state index contributed by atoms with van der Waals surface area (Å²) >= 11 is 6.02. The van der Waals surface area contributed by atoms with Gasteiger partial charge in [-0.2, -0.15) is 0 Å². The van der Waals surface area contributed by atoms with Crippen LogP contribution in [-0.2, 0) is 0 Å². The monoisotopic (exact) mass is 196 g/mol. The van der Waals surface area contributed by atoms with Crippen LogP contribution < -0.4 is 4.90 Å². The Labute approximate surface area is 83.5 Å². The van der Waals surface area contributed by atoms with Gasteiger partial charge in [0.25, 0.3) is 0 Å². The van der Waals surface area contributed by atoms with Gasteiger partial charge < -0.3 is 4.90 Å². The molecule has 0 bridgehead atoms. The molecule has 0 unspecified atom stereocenters. The maximum atomic E-state index is 6.02. The average molecular weight is 197 g/mol. The van der Waals surface area contributed by atoms with Crippen LogP contribution in [0.5, 0.6) is 0 Å². The molecule has 13 heavy (non-hydrogen) atoms. The number of rotatable bonds is 1. The Bertz CT molecular complexity index is 255. The number of pyridine rings is 1. The Hall–Kier alpha value is -0.760. The highest BCUT2D eigenvalue weighted by molar-refractivity contribution is 6.20. The third-order valence-corrected chi connectivity index (χ3v) is 2.83. The summed E-state index contributed by atoms with van der Waals surface area (Å²) in [4.78, 5) is 6.60. The van der Waals surface area contributed by atoms with E-state index in [2.05, 4.69) is 16.0 Å². The number of halogens is 1. The molecule has 3 heteroatoms. The second-order valence-electron chi connectivity index (χ2n) is 3.35. The lowest BCUT2D eigenvalue weighted by Gasteiger charge is -2.30. The Balaban J connectivity index is 2.03. The van der Waals surface area contributed by atoms with Gasteiger partial charge in [-0.15, -0.1) is 11.6 Å². The zero-order valence-corrected chi connectivity index (χ0v) is 8.24. The van der Waals surface area contributed by atoms with Crippen molar-refractivity contribution in [2.24, 2.45) is 0 Å². The quantitative estimate of drug-likeness (QED) is 0.641. The molecule has 0 aromatic carbocycles. The van der Waals surface area contributed by atoms with Crippen LogP contribution in [0.15, 0.2) is 24.4 Å². The van der Waals surface area contributed by atoms with Gasteiger partial charge in [-0.1, -0.05) is 6.07 Å². The molecular weight excluding hydrogens is 184 g/mol. The predicted octanol–water partition coefficient (Wildman–Crippen LogP) is 2.29. The Kier molecular flexibility index (Phi) is 2.69. The van der Waals surface area contributed by atoms with Crippen molar-refractivity contribution in [3.05, 3.63) is 24.4 Å². The van der Waals surface area contributed by atoms with Crippen LogP contribution in [0.2, 0.25) is 0 Å². The van der Waals surface area contributed by atoms with E-state index in [0.717, 1.165) is 31.7 Å². The van der Waals surface area contributed by atoms with E-state index in [-0.39, 0.29) is 0 Å². The fourth-order valence-corrected chi connectivity index (χ4v) is 1.81. The molecule has 1 aromatic heterocycles. The van der Waals surface area contributed by atoms with E-state index in [0.29, 0.717) is 5.38 Å². The Morgan fingerprint density at radius 3 is 2.69 bits per heavy atom. The van der Waals surface area contributed by atoms with E-state index in [1.165, 1.54) is 0 Å². The van der Waals surface area contributed by atoms with Crippen molar-refractivity contribution in [3.63, 3.8) is 0 Å². The number of nitrogens with zero attached hydrogens (tertiary/aromatic N) is 2. The van der Waals surface area contributed by atoms with Crippen LogP contribution in [0.25, 0.3) is 0 Å². The summed E-state index contributed by atoms with van der Waals surface area (Å²) in [6, 6.07) is 6.02. The topological polar surface area (TPSA) is 16.1 Å². The van der Waals surface area contributed by atoms with Gasteiger partial charge in [-0.25, -0.2) is 4.98 Å². The minimum absolute atomic E-state index is 0.361. The van der Waals surface area contributed by atoms with Gasteiger partial charge >= 0.3 is 0 Å². The third kappa shape index (κ3) is 2.13. The average Bonchev–Trinajstić information content (AvgIpc) is 2.20. The normalized spacial score (nSPS) is 19.0. The van der Waals surface area contributed by atoms with Crippen LogP contribution in [0, 0.1) is 0 Å². The molecule has 0 radical (unpaired) electrons. The highest BCUT2D eigenvalue weighted by Crippen LogP contribution is 2.19. The van der Waals surface area contributed by atoms with Crippen LogP contribution in [0.1, 0.15) is 12.8 Å². The lowest BCUT2D eigenvalue weighted by molar-refractivity contribution is 0.580. The zero-order chi connectivity index (χ0) is 9.10. The number of anilines is 1. The number of piperidine rings is 1. The molecule has 1 fully saturated rings. The van der Waals surface area contributed by atoms with Crippen LogP contribution in [-0.4, -0.2) is 23.5 Å². The standard InChI is InChI=1S/C10H13ClN2/c11-9-4-7-13(8-5-9)10-3-1-2-6-12-10/h1-3,6,9H,4-5,7-8H2. The molecule has 0 atom stereocenters. The maximum absolute atomic E-state index is 6.02. The molecule has 70 valence electrons. The smallest absolute Gasteiger partial charge is 0.128 e. The van der Waals surface area contributed by atoms with Crippen molar-refractivity contribution in [1.82, 2.24) is 4.98 Å². The maximum Gasteiger partial charge on any atom is 0.128 e. The van der Waals surface area contributed by atoms with Crippen molar-refractivity contribution >= 4 is 17.4 Å². The second kappa shape index (κ2) is 3.97. The van der Waals surface area contributed by atoms with Crippen LogP contribution in [0.4, 0.5) is 5.82 Å². The molecule has 1 aliphatic heterocycles. The molecule has 2 rings (SSSR count). The summed E-state index contributed by atoms with van der Waals surface area (Å²) in [5.41, 5.74) is 0. The molecule has 1 aliphatic rings. The SMILES string of the molecule is ClC1CCN(c2ccccn2)CC1. The van der Waals surface area contributed by atoms with E-state index in [4.69, 9.17) is 11.6 Å². The highest BCUT2D eigenvalue weighted by Gasteiger charge is 2.17. The summed E-state index contributed by atoms with van der Waals surface area (Å²) < 4.78 is 0. The van der Waals surface area contributed by atoms with E-state index in [9.17, 15) is 0 Å². The molecule has 0 saturated carbocycles. The van der Waals surface area contributed by atoms with E-state index >= 15 is 0 Å². The van der Waals surface area contributed by atoms with Crippen molar-refractivity contribution < 1.29 is 0 Å². The van der Waals surface area contributed by atoms with Crippen molar-refractivity contribution in [3.8, 4) is 0 Å². The lowest BCUT2D eigenvalue weighted by Crippen LogP contribution is -2.34. The fraction of sp³-hybridized carbons (Fsp3) is 0.500. The molecule has 0 amide bonds. The number of aromatic nitrogens is 1.